The lowest BCUT2D eigenvalue weighted by atomic mass is 9.79. The van der Waals surface area contributed by atoms with Crippen molar-refractivity contribution in [3.8, 4) is 11.5 Å². The van der Waals surface area contributed by atoms with E-state index in [0.29, 0.717) is 47.9 Å². The maximum Gasteiger partial charge on any atom is 0.658 e. The molecule has 5 aliphatic heterocycles. The zero-order valence-electron chi connectivity index (χ0n) is 57.3. The van der Waals surface area contributed by atoms with Crippen molar-refractivity contribution in [2.75, 3.05) is 33.9 Å². The number of fused-ring (bicyclic) bond motifs is 2. The highest BCUT2D eigenvalue weighted by Crippen LogP contribution is 2.49. The Bertz CT molecular complexity index is 3770. The van der Waals surface area contributed by atoms with Crippen molar-refractivity contribution >= 4 is 66.9 Å². The van der Waals surface area contributed by atoms with E-state index in [1.54, 1.807) is 30.4 Å². The number of nitrogens with zero attached hydrogens (tertiary/aromatic N) is 3. The van der Waals surface area contributed by atoms with Gasteiger partial charge < -0.3 is 43.2 Å². The molecule has 0 bridgehead atoms. The van der Waals surface area contributed by atoms with Gasteiger partial charge in [0.2, 0.25) is 0 Å². The van der Waals surface area contributed by atoms with Gasteiger partial charge in [0.15, 0.2) is 5.78 Å². The summed E-state index contributed by atoms with van der Waals surface area (Å²) < 4.78 is 82.6. The molecule has 527 valence electrons. The van der Waals surface area contributed by atoms with Crippen molar-refractivity contribution in [1.82, 2.24) is 14.6 Å². The van der Waals surface area contributed by atoms with E-state index < -0.39 is 66.6 Å². The lowest BCUT2D eigenvalue weighted by Crippen LogP contribution is -2.41. The fourth-order valence-electron chi connectivity index (χ4n) is 13.4. The molecule has 12 rings (SSSR count). The lowest BCUT2D eigenvalue weighted by Gasteiger charge is -2.36. The van der Waals surface area contributed by atoms with Crippen LogP contribution in [0.1, 0.15) is 129 Å². The Morgan fingerprint density at radius 1 is 0.620 bits per heavy atom. The van der Waals surface area contributed by atoms with Crippen molar-refractivity contribution in [1.29, 1.82) is 0 Å². The number of halogens is 4. The molecule has 7 aromatic rings. The summed E-state index contributed by atoms with van der Waals surface area (Å²) in [6, 6.07) is 55.0. The highest BCUT2D eigenvalue weighted by atomic mass is 32.1. The van der Waals surface area contributed by atoms with Crippen molar-refractivity contribution in [3.05, 3.63) is 236 Å². The fraction of sp³-hybridized carbons (Fsp3) is 0.397. The van der Waals surface area contributed by atoms with Crippen LogP contribution in [0.25, 0.3) is 0 Å². The summed E-state index contributed by atoms with van der Waals surface area (Å²) in [4.78, 5) is 68.0. The fourth-order valence-corrected chi connectivity index (χ4v) is 15.3. The van der Waals surface area contributed by atoms with Gasteiger partial charge in [0.05, 0.1) is 32.4 Å². The zero-order chi connectivity index (χ0) is 71.2. The highest BCUT2D eigenvalue weighted by Gasteiger charge is 2.57. The second-order valence-electron chi connectivity index (χ2n) is 25.8. The molecular weight excluding hydrogens is 1320 g/mol. The van der Waals surface area contributed by atoms with Crippen LogP contribution in [0.5, 0.6) is 11.5 Å². The first kappa shape index (κ1) is 76.0. The van der Waals surface area contributed by atoms with Gasteiger partial charge in [-0.3, -0.25) is 14.4 Å². The number of aliphatic hydroxyl groups is 1. The number of alkyl halides is 4. The molecule has 0 spiro atoms. The number of methoxy groups -OCH3 is 2. The van der Waals surface area contributed by atoms with Crippen LogP contribution in [0.3, 0.4) is 0 Å². The summed E-state index contributed by atoms with van der Waals surface area (Å²) in [6.45, 7) is 7.44. The van der Waals surface area contributed by atoms with Gasteiger partial charge in [0, 0.05) is 47.6 Å². The van der Waals surface area contributed by atoms with E-state index >= 15 is 0 Å². The molecule has 2 amide bonds. The van der Waals surface area contributed by atoms with Gasteiger partial charge in [-0.1, -0.05) is 166 Å². The SMILES string of the molecule is CB1OC(c2ccccc2)(c2ccccc2)[C@H]2CCCN12.COC(=O)c1ccc(CCCN2C(=O)C(F)(F)C[C@@H]2/C=C/C(=O)[C@@H](C)CCCc2ccccc2)s1.COC(=O)c1ccc(CCCN2C(=O)C(F)(F)C[C@@H]2/C=C/[C@@H](O)[C@@H](C)CCCc2ccccc2)s1.[B]1Oc2ccccc2O1. The number of rotatable bonds is 26. The number of carbonyl (C=O) groups is 5. The number of benzene rings is 5. The second kappa shape index (κ2) is 36.5. The van der Waals surface area contributed by atoms with Crippen LogP contribution in [0.4, 0.5) is 17.6 Å². The molecule has 7 heterocycles. The van der Waals surface area contributed by atoms with Crippen LogP contribution in [-0.4, -0.2) is 134 Å². The largest absolute Gasteiger partial charge is 0.658 e. The van der Waals surface area contributed by atoms with Crippen molar-refractivity contribution in [2.45, 2.75) is 152 Å². The summed E-state index contributed by atoms with van der Waals surface area (Å²) in [6.07, 6.45) is 13.6. The number of hydrogen-bond donors (Lipinski definition) is 1. The minimum atomic E-state index is -3.43. The number of amides is 2. The number of ketones is 1. The molecule has 0 aliphatic carbocycles. The Morgan fingerprint density at radius 2 is 1.07 bits per heavy atom. The van der Waals surface area contributed by atoms with E-state index in [1.165, 1.54) is 102 Å². The van der Waals surface area contributed by atoms with Crippen LogP contribution >= 0.6 is 22.7 Å². The Labute approximate surface area is 593 Å². The molecule has 2 aromatic heterocycles. The van der Waals surface area contributed by atoms with Crippen LogP contribution in [-0.2, 0) is 59.8 Å². The zero-order valence-corrected chi connectivity index (χ0v) is 58.9. The summed E-state index contributed by atoms with van der Waals surface area (Å²) >= 11 is 2.59. The van der Waals surface area contributed by atoms with Gasteiger partial charge in [-0.25, -0.2) is 9.59 Å². The molecule has 1 N–H and O–H groups in total. The molecule has 100 heavy (non-hydrogen) atoms. The smallest absolute Gasteiger partial charge is 0.524 e. The van der Waals surface area contributed by atoms with E-state index in [2.05, 4.69) is 96.6 Å². The summed E-state index contributed by atoms with van der Waals surface area (Å²) in [5.41, 5.74) is 4.69. The summed E-state index contributed by atoms with van der Waals surface area (Å²) in [5, 5.41) is 10.5. The Hall–Kier alpha value is -8.14. The molecular formula is C78H88B2F4N3O11S2. The van der Waals surface area contributed by atoms with E-state index in [-0.39, 0.29) is 43.4 Å². The van der Waals surface area contributed by atoms with Crippen molar-refractivity contribution in [3.63, 3.8) is 0 Å². The standard InChI is InChI=1S/C27H33F2NO4S.C27H31F2NO4S.C18H20BNO.C6H4BO2/c2*1-19(8-6-11-20-9-4-3-5-10-20)23(31)15-13-21-18-27(28,29)26(33)30(21)17-7-12-22-14-16-24(35-22)25(32)34-2;1-19-20-14-8-13-17(20)18(21-19,15-9-4-2-5-10-15)16-11-6-3-7-12-16;1-2-4-6-5(3-1)8-7-9-6/h3-5,9-10,13-16,19,21,23,31H,6-8,11-12,17-18H2,1-2H3;3-5,9-10,13-16,19,21H,6-8,11-12,17-18H2,1-2H3;2-7,9-12,17H,8,13-14H2,1H3;1-4H/b2*15-13+;;/t19-,21-,23+;19-,21-;17-;/m001./s1. The number of carbonyl (C=O) groups excluding carboxylic acids is 5. The number of aryl methyl sites for hydroxylation is 4. The van der Waals surface area contributed by atoms with E-state index in [4.69, 9.17) is 23.4 Å². The van der Waals surface area contributed by atoms with E-state index in [0.717, 1.165) is 59.9 Å². The number of para-hydroxylation sites is 2. The average molecular weight is 1410 g/mol. The molecule has 14 nitrogen and oxygen atoms in total. The Balaban J connectivity index is 0.000000168. The van der Waals surface area contributed by atoms with Gasteiger partial charge in [0.25, 0.3) is 11.8 Å². The first-order valence-corrected chi connectivity index (χ1v) is 36.0. The first-order valence-electron chi connectivity index (χ1n) is 34.4. The Morgan fingerprint density at radius 3 is 1.55 bits per heavy atom. The van der Waals surface area contributed by atoms with Crippen LogP contribution in [0.15, 0.2) is 194 Å². The van der Waals surface area contributed by atoms with Gasteiger partial charge in [-0.15, -0.1) is 22.7 Å². The van der Waals surface area contributed by atoms with Gasteiger partial charge in [-0.05, 0) is 161 Å². The number of likely N-dealkylation sites (tertiary alicyclic amines) is 2. The summed E-state index contributed by atoms with van der Waals surface area (Å²) in [5.74, 6) is -8.80. The average Bonchev–Trinajstić information content (AvgIpc) is 1.56. The second-order valence-corrected chi connectivity index (χ2v) is 28.1. The topological polar surface area (TPSA) is 161 Å². The minimum absolute atomic E-state index is 0.0242. The molecule has 5 aromatic carbocycles. The number of thiophene rings is 2. The normalized spacial score (nSPS) is 19.4. The monoisotopic (exact) mass is 1400 g/mol. The predicted octanol–water partition coefficient (Wildman–Crippen LogP) is 15.3. The third-order valence-corrected chi connectivity index (χ3v) is 21.1. The van der Waals surface area contributed by atoms with Gasteiger partial charge in [-0.2, -0.15) is 17.6 Å². The van der Waals surface area contributed by atoms with Gasteiger partial charge in [0.1, 0.15) is 26.9 Å². The lowest BCUT2D eigenvalue weighted by molar-refractivity contribution is -0.148. The molecule has 4 fully saturated rings. The molecule has 0 unspecified atom stereocenters. The van der Waals surface area contributed by atoms with Crippen molar-refractivity contribution < 1.29 is 70.1 Å². The van der Waals surface area contributed by atoms with Gasteiger partial charge >= 0.3 is 38.5 Å². The van der Waals surface area contributed by atoms with E-state index in [1.807, 2.05) is 80.6 Å². The number of aliphatic hydroxyl groups excluding tert-OH is 1. The van der Waals surface area contributed by atoms with Crippen LogP contribution < -0.4 is 9.31 Å². The molecule has 0 saturated carbocycles. The number of allylic oxidation sites excluding steroid dienone is 1. The highest BCUT2D eigenvalue weighted by molar-refractivity contribution is 7.14. The number of ether oxygens (including phenoxy) is 2. The minimum Gasteiger partial charge on any atom is -0.524 e. The Kier molecular flexibility index (Phi) is 27.7. The predicted molar refractivity (Wildman–Crippen MR) is 384 cm³/mol. The van der Waals surface area contributed by atoms with Crippen molar-refractivity contribution in [2.24, 2.45) is 11.8 Å². The van der Waals surface area contributed by atoms with E-state index in [9.17, 15) is 46.6 Å². The third-order valence-electron chi connectivity index (χ3n) is 18.8. The number of hydrogen-bond acceptors (Lipinski definition) is 14. The van der Waals surface area contributed by atoms with Crippen LogP contribution in [0, 0.1) is 11.8 Å². The summed E-state index contributed by atoms with van der Waals surface area (Å²) in [7, 11) is 4.13. The van der Waals surface area contributed by atoms with Crippen LogP contribution in [0.2, 0.25) is 6.82 Å². The maximum absolute atomic E-state index is 14.2. The first-order chi connectivity index (χ1) is 48.2. The molecule has 6 atom stereocenters. The quantitative estimate of drug-likeness (QED) is 0.0180. The molecule has 22 heteroatoms. The molecule has 5 aliphatic rings. The maximum atomic E-state index is 14.2. The number of esters is 2. The molecule has 1 radical (unpaired) electrons. The molecule has 4 saturated heterocycles. The third kappa shape index (κ3) is 20.1.